The lowest BCUT2D eigenvalue weighted by Crippen LogP contribution is -2.15. The van der Waals surface area contributed by atoms with Gasteiger partial charge >= 0.3 is 0 Å². The number of nitro benzene ring substituents is 1. The number of benzene rings is 1. The Kier molecular flexibility index (Phi) is 4.27. The molecule has 0 radical (unpaired) electrons. The molecule has 7 nitrogen and oxygen atoms in total. The van der Waals surface area contributed by atoms with Gasteiger partial charge in [0.25, 0.3) is 5.69 Å². The van der Waals surface area contributed by atoms with Crippen molar-refractivity contribution in [3.63, 3.8) is 0 Å². The summed E-state index contributed by atoms with van der Waals surface area (Å²) < 4.78 is 5.32. The Bertz CT molecular complexity index is 445. The number of oxime groups is 1. The van der Waals surface area contributed by atoms with E-state index in [1.165, 1.54) is 6.07 Å². The molecular formula is C10H13N3O4. The second-order valence-electron chi connectivity index (χ2n) is 3.35. The lowest BCUT2D eigenvalue weighted by atomic mass is 10.2. The van der Waals surface area contributed by atoms with Crippen molar-refractivity contribution in [1.82, 2.24) is 0 Å². The first kappa shape index (κ1) is 12.8. The van der Waals surface area contributed by atoms with Crippen LogP contribution in [0.15, 0.2) is 23.4 Å². The quantitative estimate of drug-likeness (QED) is 0.265. The summed E-state index contributed by atoms with van der Waals surface area (Å²) in [5, 5.41) is 21.8. The smallest absolute Gasteiger partial charge is 0.276 e. The van der Waals surface area contributed by atoms with Gasteiger partial charge in [-0.2, -0.15) is 0 Å². The second kappa shape index (κ2) is 5.69. The molecule has 0 aliphatic rings. The van der Waals surface area contributed by atoms with E-state index in [1.54, 1.807) is 19.1 Å². The molecule has 0 aliphatic carbocycles. The van der Waals surface area contributed by atoms with Gasteiger partial charge in [-0.1, -0.05) is 11.2 Å². The summed E-state index contributed by atoms with van der Waals surface area (Å²) in [6.07, 6.45) is 0.249. The molecule has 0 unspecified atom stereocenters. The summed E-state index contributed by atoms with van der Waals surface area (Å²) in [6.45, 7) is 1.80. The average Bonchev–Trinajstić information content (AvgIpc) is 2.30. The molecule has 1 aromatic rings. The van der Waals surface area contributed by atoms with Gasteiger partial charge in [0.05, 0.1) is 17.1 Å². The number of nitrogens with zero attached hydrogens (tertiary/aromatic N) is 2. The molecule has 0 atom stereocenters. The normalized spacial score (nSPS) is 11.2. The van der Waals surface area contributed by atoms with Crippen LogP contribution in [-0.2, 0) is 0 Å². The van der Waals surface area contributed by atoms with Crippen LogP contribution in [-0.4, -0.2) is 22.6 Å². The van der Waals surface area contributed by atoms with Crippen molar-refractivity contribution in [1.29, 1.82) is 0 Å². The molecule has 1 rings (SSSR count). The van der Waals surface area contributed by atoms with Gasteiger partial charge in [0.2, 0.25) is 0 Å². The maximum atomic E-state index is 10.7. The molecule has 0 spiro atoms. The van der Waals surface area contributed by atoms with Crippen molar-refractivity contribution in [3.05, 3.63) is 33.9 Å². The minimum atomic E-state index is -0.467. The van der Waals surface area contributed by atoms with Crippen molar-refractivity contribution in [3.8, 4) is 5.75 Å². The summed E-state index contributed by atoms with van der Waals surface area (Å²) >= 11 is 0. The van der Waals surface area contributed by atoms with Gasteiger partial charge in [-0.3, -0.25) is 10.1 Å². The molecule has 17 heavy (non-hydrogen) atoms. The van der Waals surface area contributed by atoms with Gasteiger partial charge in [0.1, 0.15) is 11.6 Å². The second-order valence-corrected chi connectivity index (χ2v) is 3.35. The summed E-state index contributed by atoms with van der Waals surface area (Å²) in [4.78, 5) is 10.2. The highest BCUT2D eigenvalue weighted by atomic mass is 16.6. The molecule has 0 fully saturated rings. The Hall–Kier alpha value is -2.31. The first-order valence-corrected chi connectivity index (χ1v) is 4.89. The molecule has 0 bridgehead atoms. The molecule has 92 valence electrons. The van der Waals surface area contributed by atoms with Crippen molar-refractivity contribution in [2.45, 2.75) is 13.3 Å². The predicted molar refractivity (Wildman–Crippen MR) is 61.4 cm³/mol. The lowest BCUT2D eigenvalue weighted by Gasteiger charge is -2.08. The predicted octanol–water partition coefficient (Wildman–Crippen LogP) is 1.42. The fourth-order valence-corrected chi connectivity index (χ4v) is 1.27. The average molecular weight is 239 g/mol. The molecule has 0 saturated carbocycles. The van der Waals surface area contributed by atoms with Crippen LogP contribution < -0.4 is 10.5 Å². The number of ether oxygens (including phenoxy) is 1. The Balaban J connectivity index is 2.72. The number of nitrogens with two attached hydrogens (primary N) is 1. The minimum absolute atomic E-state index is 0.00583. The first-order valence-electron chi connectivity index (χ1n) is 4.89. The van der Waals surface area contributed by atoms with Crippen molar-refractivity contribution < 1.29 is 14.9 Å². The monoisotopic (exact) mass is 239 g/mol. The molecule has 3 N–H and O–H groups in total. The SMILES string of the molecule is Cc1c(OCC/C(N)=N/O)cccc1[N+](=O)[O-]. The van der Waals surface area contributed by atoms with E-state index >= 15 is 0 Å². The molecule has 7 heteroatoms. The molecule has 0 amide bonds. The van der Waals surface area contributed by atoms with Crippen LogP contribution in [0.3, 0.4) is 0 Å². The molecule has 0 aliphatic heterocycles. The Morgan fingerprint density at radius 1 is 1.65 bits per heavy atom. The lowest BCUT2D eigenvalue weighted by molar-refractivity contribution is -0.385. The fraction of sp³-hybridized carbons (Fsp3) is 0.300. The molecule has 0 saturated heterocycles. The van der Waals surface area contributed by atoms with Crippen LogP contribution in [0.5, 0.6) is 5.75 Å². The Morgan fingerprint density at radius 2 is 2.35 bits per heavy atom. The van der Waals surface area contributed by atoms with Crippen LogP contribution >= 0.6 is 0 Å². The van der Waals surface area contributed by atoms with Crippen LogP contribution in [0.4, 0.5) is 5.69 Å². The topological polar surface area (TPSA) is 111 Å². The summed E-state index contributed by atoms with van der Waals surface area (Å²) in [6, 6.07) is 4.59. The van der Waals surface area contributed by atoms with Gasteiger partial charge in [0, 0.05) is 12.5 Å². The fourth-order valence-electron chi connectivity index (χ4n) is 1.27. The van der Waals surface area contributed by atoms with Crippen LogP contribution in [0.2, 0.25) is 0 Å². The largest absolute Gasteiger partial charge is 0.493 e. The number of nitro groups is 1. The van der Waals surface area contributed by atoms with E-state index in [9.17, 15) is 10.1 Å². The standard InChI is InChI=1S/C10H13N3O4/c1-7-8(13(15)16)3-2-4-9(7)17-6-5-10(11)12-14/h2-4,14H,5-6H2,1H3,(H2,11,12). The zero-order valence-electron chi connectivity index (χ0n) is 9.29. The maximum Gasteiger partial charge on any atom is 0.276 e. The van der Waals surface area contributed by atoms with Crippen molar-refractivity contribution >= 4 is 11.5 Å². The zero-order chi connectivity index (χ0) is 12.8. The van der Waals surface area contributed by atoms with Gasteiger partial charge in [-0.15, -0.1) is 0 Å². The third-order valence-corrected chi connectivity index (χ3v) is 2.20. The van der Waals surface area contributed by atoms with Gasteiger partial charge in [-0.05, 0) is 13.0 Å². The van der Waals surface area contributed by atoms with Crippen molar-refractivity contribution in [2.24, 2.45) is 10.9 Å². The highest BCUT2D eigenvalue weighted by molar-refractivity contribution is 5.79. The first-order chi connectivity index (χ1) is 8.06. The minimum Gasteiger partial charge on any atom is -0.493 e. The molecule has 0 heterocycles. The number of hydrogen-bond acceptors (Lipinski definition) is 5. The highest BCUT2D eigenvalue weighted by Crippen LogP contribution is 2.26. The summed E-state index contributed by atoms with van der Waals surface area (Å²) in [5.41, 5.74) is 5.73. The van der Waals surface area contributed by atoms with Gasteiger partial charge in [-0.25, -0.2) is 0 Å². The van der Waals surface area contributed by atoms with Crippen LogP contribution in [0.1, 0.15) is 12.0 Å². The Labute approximate surface area is 97.6 Å². The van der Waals surface area contributed by atoms with Gasteiger partial charge in [0.15, 0.2) is 0 Å². The van der Waals surface area contributed by atoms with E-state index in [0.29, 0.717) is 11.3 Å². The van der Waals surface area contributed by atoms with E-state index in [4.69, 9.17) is 15.7 Å². The van der Waals surface area contributed by atoms with Gasteiger partial charge < -0.3 is 15.7 Å². The van der Waals surface area contributed by atoms with E-state index in [2.05, 4.69) is 5.16 Å². The molecule has 1 aromatic carbocycles. The van der Waals surface area contributed by atoms with Crippen molar-refractivity contribution in [2.75, 3.05) is 6.61 Å². The highest BCUT2D eigenvalue weighted by Gasteiger charge is 2.13. The molecular weight excluding hydrogens is 226 g/mol. The van der Waals surface area contributed by atoms with E-state index in [0.717, 1.165) is 0 Å². The maximum absolute atomic E-state index is 10.7. The third kappa shape index (κ3) is 3.33. The van der Waals surface area contributed by atoms with E-state index in [1.807, 2.05) is 0 Å². The van der Waals surface area contributed by atoms with Crippen LogP contribution in [0, 0.1) is 17.0 Å². The zero-order valence-corrected chi connectivity index (χ0v) is 9.29. The number of rotatable bonds is 5. The van der Waals surface area contributed by atoms with Crippen LogP contribution in [0.25, 0.3) is 0 Å². The molecule has 0 aromatic heterocycles. The number of hydrogen-bond donors (Lipinski definition) is 2. The van der Waals surface area contributed by atoms with E-state index in [-0.39, 0.29) is 24.6 Å². The Morgan fingerprint density at radius 3 is 2.94 bits per heavy atom. The number of amidine groups is 1. The summed E-state index contributed by atoms with van der Waals surface area (Å²) in [7, 11) is 0. The third-order valence-electron chi connectivity index (χ3n) is 2.20. The summed E-state index contributed by atoms with van der Waals surface area (Å²) in [5.74, 6) is 0.470. The van der Waals surface area contributed by atoms with E-state index < -0.39 is 4.92 Å².